The topological polar surface area (TPSA) is 70.9 Å². The Labute approximate surface area is 99.1 Å². The third-order valence-corrected chi connectivity index (χ3v) is 2.69. The second-order valence-electron chi connectivity index (χ2n) is 3.89. The van der Waals surface area contributed by atoms with Gasteiger partial charge in [-0.05, 0) is 24.1 Å². The zero-order valence-corrected chi connectivity index (χ0v) is 9.46. The number of carbonyl (C=O) groups is 1. The first-order valence-corrected chi connectivity index (χ1v) is 5.35. The molecule has 5 heteroatoms. The summed E-state index contributed by atoms with van der Waals surface area (Å²) >= 11 is 0. The molecule has 0 aliphatic carbocycles. The maximum Gasteiger partial charge on any atom is 0.342 e. The molecule has 0 spiro atoms. The highest BCUT2D eigenvalue weighted by Crippen LogP contribution is 2.16. The molecular weight excluding hydrogens is 220 g/mol. The van der Waals surface area contributed by atoms with Gasteiger partial charge in [-0.25, -0.2) is 9.79 Å². The Hall–Kier alpha value is -1.88. The Kier molecular flexibility index (Phi) is 3.39. The number of aliphatic imine (C=N–C) groups is 1. The molecule has 5 nitrogen and oxygen atoms in total. The zero-order chi connectivity index (χ0) is 12.3. The van der Waals surface area contributed by atoms with Crippen LogP contribution in [-0.4, -0.2) is 30.7 Å². The summed E-state index contributed by atoms with van der Waals surface area (Å²) in [5.74, 6) is 0.598. The molecule has 0 saturated heterocycles. The Morgan fingerprint density at radius 2 is 2.12 bits per heavy atom. The standard InChI is InChI=1S/C12H14N2O3/c1-17-10-4-2-8(3-5-10)6-9-7-13-12(16)14-11(9)15/h2-5,7,9,11,15H,6H2,1H3,(H,14,16). The number of hydrogen-bond donors (Lipinski definition) is 2. The van der Waals surface area contributed by atoms with E-state index in [1.54, 1.807) is 7.11 Å². The van der Waals surface area contributed by atoms with Gasteiger partial charge in [-0.15, -0.1) is 0 Å². The number of methoxy groups -OCH3 is 1. The van der Waals surface area contributed by atoms with Crippen molar-refractivity contribution in [3.8, 4) is 5.75 Å². The summed E-state index contributed by atoms with van der Waals surface area (Å²) in [5, 5.41) is 12.0. The van der Waals surface area contributed by atoms with E-state index in [0.29, 0.717) is 6.42 Å². The van der Waals surface area contributed by atoms with Crippen LogP contribution in [0, 0.1) is 5.92 Å². The Morgan fingerprint density at radius 3 is 2.71 bits per heavy atom. The van der Waals surface area contributed by atoms with E-state index in [0.717, 1.165) is 11.3 Å². The fourth-order valence-corrected chi connectivity index (χ4v) is 1.71. The van der Waals surface area contributed by atoms with Crippen LogP contribution < -0.4 is 10.1 Å². The van der Waals surface area contributed by atoms with Gasteiger partial charge in [0.15, 0.2) is 0 Å². The van der Waals surface area contributed by atoms with Crippen LogP contribution in [0.2, 0.25) is 0 Å². The van der Waals surface area contributed by atoms with Crippen molar-refractivity contribution in [1.82, 2.24) is 5.32 Å². The zero-order valence-electron chi connectivity index (χ0n) is 9.46. The number of ether oxygens (including phenoxy) is 1. The average Bonchev–Trinajstić information content (AvgIpc) is 2.34. The molecule has 2 N–H and O–H groups in total. The maximum absolute atomic E-state index is 10.9. The van der Waals surface area contributed by atoms with E-state index in [2.05, 4.69) is 10.3 Å². The number of benzene rings is 1. The van der Waals surface area contributed by atoms with Gasteiger partial charge < -0.3 is 15.2 Å². The lowest BCUT2D eigenvalue weighted by molar-refractivity contribution is 0.109. The van der Waals surface area contributed by atoms with Crippen molar-refractivity contribution in [3.63, 3.8) is 0 Å². The summed E-state index contributed by atoms with van der Waals surface area (Å²) in [7, 11) is 1.61. The molecule has 2 rings (SSSR count). The number of urea groups is 1. The van der Waals surface area contributed by atoms with Crippen molar-refractivity contribution >= 4 is 12.2 Å². The summed E-state index contributed by atoms with van der Waals surface area (Å²) in [6.45, 7) is 0. The highest BCUT2D eigenvalue weighted by Gasteiger charge is 2.23. The molecule has 90 valence electrons. The lowest BCUT2D eigenvalue weighted by Crippen LogP contribution is -2.44. The minimum Gasteiger partial charge on any atom is -0.497 e. The molecule has 2 atom stereocenters. The lowest BCUT2D eigenvalue weighted by Gasteiger charge is -2.22. The number of amides is 2. The summed E-state index contributed by atoms with van der Waals surface area (Å²) in [6, 6.07) is 7.08. The van der Waals surface area contributed by atoms with E-state index in [1.807, 2.05) is 24.3 Å². The van der Waals surface area contributed by atoms with E-state index in [1.165, 1.54) is 6.21 Å². The van der Waals surface area contributed by atoms with Gasteiger partial charge >= 0.3 is 6.03 Å². The average molecular weight is 234 g/mol. The highest BCUT2D eigenvalue weighted by atomic mass is 16.5. The van der Waals surface area contributed by atoms with Gasteiger partial charge in [0.25, 0.3) is 0 Å². The minimum atomic E-state index is -0.873. The number of nitrogens with one attached hydrogen (secondary N) is 1. The minimum absolute atomic E-state index is 0.193. The molecule has 0 fully saturated rings. The van der Waals surface area contributed by atoms with Crippen molar-refractivity contribution in [2.45, 2.75) is 12.6 Å². The molecule has 0 aromatic heterocycles. The fraction of sp³-hybridized carbons (Fsp3) is 0.333. The number of aliphatic hydroxyl groups excluding tert-OH is 1. The summed E-state index contributed by atoms with van der Waals surface area (Å²) in [4.78, 5) is 14.5. The SMILES string of the molecule is COc1ccc(CC2C=NC(=O)NC2O)cc1. The number of nitrogens with zero attached hydrogens (tertiary/aromatic N) is 1. The van der Waals surface area contributed by atoms with Crippen molar-refractivity contribution in [1.29, 1.82) is 0 Å². The quantitative estimate of drug-likeness (QED) is 0.818. The predicted octanol–water partition coefficient (Wildman–Crippen LogP) is 0.966. The van der Waals surface area contributed by atoms with Crippen LogP contribution in [0.1, 0.15) is 5.56 Å². The third-order valence-electron chi connectivity index (χ3n) is 2.69. The van der Waals surface area contributed by atoms with Crippen molar-refractivity contribution in [2.24, 2.45) is 10.9 Å². The van der Waals surface area contributed by atoms with Crippen LogP contribution in [0.25, 0.3) is 0 Å². The maximum atomic E-state index is 10.9. The van der Waals surface area contributed by atoms with Crippen LogP contribution in [0.15, 0.2) is 29.3 Å². The first-order chi connectivity index (χ1) is 8.19. The largest absolute Gasteiger partial charge is 0.497 e. The monoisotopic (exact) mass is 234 g/mol. The summed E-state index contributed by atoms with van der Waals surface area (Å²) in [6.07, 6.45) is 1.24. The van der Waals surface area contributed by atoms with E-state index in [-0.39, 0.29) is 5.92 Å². The molecule has 1 aromatic rings. The first kappa shape index (κ1) is 11.6. The van der Waals surface area contributed by atoms with Crippen LogP contribution in [0.5, 0.6) is 5.75 Å². The van der Waals surface area contributed by atoms with Gasteiger partial charge in [0.1, 0.15) is 12.0 Å². The van der Waals surface area contributed by atoms with Crippen LogP contribution in [0.3, 0.4) is 0 Å². The Balaban J connectivity index is 2.05. The van der Waals surface area contributed by atoms with Crippen molar-refractivity contribution in [3.05, 3.63) is 29.8 Å². The van der Waals surface area contributed by atoms with Gasteiger partial charge in [0, 0.05) is 12.1 Å². The normalized spacial score (nSPS) is 23.3. The smallest absolute Gasteiger partial charge is 0.342 e. The second kappa shape index (κ2) is 4.97. The molecule has 0 radical (unpaired) electrons. The molecule has 1 aromatic carbocycles. The van der Waals surface area contributed by atoms with Crippen LogP contribution >= 0.6 is 0 Å². The summed E-state index contributed by atoms with van der Waals surface area (Å²) in [5.41, 5.74) is 1.05. The molecule has 0 bridgehead atoms. The van der Waals surface area contributed by atoms with Gasteiger partial charge in [0.05, 0.1) is 7.11 Å². The van der Waals surface area contributed by atoms with Gasteiger partial charge in [-0.1, -0.05) is 12.1 Å². The Bertz CT molecular complexity index is 428. The van der Waals surface area contributed by atoms with Crippen LogP contribution in [-0.2, 0) is 6.42 Å². The molecule has 2 unspecified atom stereocenters. The van der Waals surface area contributed by atoms with E-state index < -0.39 is 12.3 Å². The molecule has 17 heavy (non-hydrogen) atoms. The lowest BCUT2D eigenvalue weighted by atomic mass is 9.98. The molecule has 1 aliphatic rings. The second-order valence-corrected chi connectivity index (χ2v) is 3.89. The van der Waals surface area contributed by atoms with Gasteiger partial charge in [-0.2, -0.15) is 0 Å². The number of hydrogen-bond acceptors (Lipinski definition) is 3. The molecule has 0 saturated carbocycles. The van der Waals surface area contributed by atoms with Crippen molar-refractivity contribution in [2.75, 3.05) is 7.11 Å². The number of carbonyl (C=O) groups excluding carboxylic acids is 1. The molecule has 1 aliphatic heterocycles. The molecule has 2 amide bonds. The molecular formula is C12H14N2O3. The van der Waals surface area contributed by atoms with E-state index in [4.69, 9.17) is 4.74 Å². The van der Waals surface area contributed by atoms with Gasteiger partial charge in [-0.3, -0.25) is 0 Å². The van der Waals surface area contributed by atoms with E-state index in [9.17, 15) is 9.90 Å². The number of rotatable bonds is 3. The van der Waals surface area contributed by atoms with E-state index >= 15 is 0 Å². The first-order valence-electron chi connectivity index (χ1n) is 5.35. The fourth-order valence-electron chi connectivity index (χ4n) is 1.71. The van der Waals surface area contributed by atoms with Crippen molar-refractivity contribution < 1.29 is 14.6 Å². The van der Waals surface area contributed by atoms with Crippen LogP contribution in [0.4, 0.5) is 4.79 Å². The highest BCUT2D eigenvalue weighted by molar-refractivity contribution is 5.87. The predicted molar refractivity (Wildman–Crippen MR) is 63.2 cm³/mol. The van der Waals surface area contributed by atoms with Gasteiger partial charge in [0.2, 0.25) is 0 Å². The molecule has 1 heterocycles. The Morgan fingerprint density at radius 1 is 1.41 bits per heavy atom. The number of aliphatic hydroxyl groups is 1. The third kappa shape index (κ3) is 2.82. The summed E-state index contributed by atoms with van der Waals surface area (Å²) < 4.78 is 5.06.